The predicted octanol–water partition coefficient (Wildman–Crippen LogP) is 1.60. The van der Waals surface area contributed by atoms with Gasteiger partial charge in [-0.05, 0) is 19.3 Å². The summed E-state index contributed by atoms with van der Waals surface area (Å²) in [5.41, 5.74) is 0. The van der Waals surface area contributed by atoms with Crippen molar-refractivity contribution in [3.8, 4) is 12.3 Å². The fraction of sp³-hybridized carbons (Fsp3) is 0.700. The van der Waals surface area contributed by atoms with Crippen LogP contribution in [0, 0.1) is 24.2 Å². The topological polar surface area (TPSA) is 26.3 Å². The molecule has 2 unspecified atom stereocenters. The molecular weight excluding hydrogens is 152 g/mol. The summed E-state index contributed by atoms with van der Waals surface area (Å²) in [5.74, 6) is 2.93. The van der Waals surface area contributed by atoms with Crippen molar-refractivity contribution in [1.82, 2.24) is 0 Å². The number of carbonyl (C=O) groups excluding carboxylic acids is 1. The van der Waals surface area contributed by atoms with Crippen LogP contribution in [-0.4, -0.2) is 13.1 Å². The Hall–Kier alpha value is -0.970. The molecule has 12 heavy (non-hydrogen) atoms. The van der Waals surface area contributed by atoms with E-state index in [0.717, 1.165) is 25.7 Å². The van der Waals surface area contributed by atoms with Crippen LogP contribution in [0.5, 0.6) is 0 Å². The maximum absolute atomic E-state index is 11.1. The molecule has 0 bridgehead atoms. The molecule has 0 aromatic heterocycles. The molecule has 66 valence electrons. The third kappa shape index (κ3) is 2.01. The zero-order valence-corrected chi connectivity index (χ0v) is 7.38. The van der Waals surface area contributed by atoms with Crippen LogP contribution in [0.25, 0.3) is 0 Å². The number of terminal acetylenes is 1. The molecule has 1 aliphatic carbocycles. The zero-order chi connectivity index (χ0) is 8.97. The first kappa shape index (κ1) is 9.12. The number of hydrogen-bond donors (Lipinski definition) is 0. The van der Waals surface area contributed by atoms with Gasteiger partial charge in [-0.2, -0.15) is 0 Å². The number of methoxy groups -OCH3 is 1. The van der Waals surface area contributed by atoms with Crippen molar-refractivity contribution in [2.45, 2.75) is 25.7 Å². The maximum Gasteiger partial charge on any atom is 0.308 e. The van der Waals surface area contributed by atoms with E-state index in [4.69, 9.17) is 6.42 Å². The summed E-state index contributed by atoms with van der Waals surface area (Å²) in [5, 5.41) is 0. The van der Waals surface area contributed by atoms with Crippen molar-refractivity contribution >= 4 is 5.97 Å². The van der Waals surface area contributed by atoms with Gasteiger partial charge in [0.15, 0.2) is 0 Å². The summed E-state index contributed by atoms with van der Waals surface area (Å²) >= 11 is 0. The number of esters is 1. The first-order valence-corrected chi connectivity index (χ1v) is 4.32. The van der Waals surface area contributed by atoms with Gasteiger partial charge in [-0.25, -0.2) is 0 Å². The van der Waals surface area contributed by atoms with Gasteiger partial charge in [-0.3, -0.25) is 4.79 Å². The highest BCUT2D eigenvalue weighted by molar-refractivity contribution is 5.72. The van der Waals surface area contributed by atoms with Crippen molar-refractivity contribution in [3.05, 3.63) is 0 Å². The van der Waals surface area contributed by atoms with Crippen LogP contribution in [0.2, 0.25) is 0 Å². The van der Waals surface area contributed by atoms with Gasteiger partial charge in [0.05, 0.1) is 13.0 Å². The molecule has 2 nitrogen and oxygen atoms in total. The molecule has 2 atom stereocenters. The SMILES string of the molecule is C#CC1CCCC(C(=O)OC)C1. The largest absolute Gasteiger partial charge is 0.469 e. The summed E-state index contributed by atoms with van der Waals surface area (Å²) in [6, 6.07) is 0. The van der Waals surface area contributed by atoms with Crippen LogP contribution in [0.1, 0.15) is 25.7 Å². The summed E-state index contributed by atoms with van der Waals surface area (Å²) in [4.78, 5) is 11.1. The lowest BCUT2D eigenvalue weighted by atomic mass is 9.82. The third-order valence-corrected chi connectivity index (χ3v) is 2.44. The van der Waals surface area contributed by atoms with Gasteiger partial charge in [0, 0.05) is 5.92 Å². The average Bonchev–Trinajstić information content (AvgIpc) is 2.17. The van der Waals surface area contributed by atoms with Crippen LogP contribution >= 0.6 is 0 Å². The summed E-state index contributed by atoms with van der Waals surface area (Å²) < 4.78 is 4.67. The third-order valence-electron chi connectivity index (χ3n) is 2.44. The van der Waals surface area contributed by atoms with E-state index in [1.165, 1.54) is 7.11 Å². The second kappa shape index (κ2) is 4.15. The Balaban J connectivity index is 2.47. The van der Waals surface area contributed by atoms with E-state index in [2.05, 4.69) is 10.7 Å². The van der Waals surface area contributed by atoms with Gasteiger partial charge in [-0.15, -0.1) is 12.3 Å². The standard InChI is InChI=1S/C10H14O2/c1-3-8-5-4-6-9(7-8)10(11)12-2/h1,8-9H,4-7H2,2H3. The van der Waals surface area contributed by atoms with E-state index in [1.54, 1.807) is 0 Å². The molecule has 0 radical (unpaired) electrons. The van der Waals surface area contributed by atoms with Crippen molar-refractivity contribution < 1.29 is 9.53 Å². The predicted molar refractivity (Wildman–Crippen MR) is 46.3 cm³/mol. The lowest BCUT2D eigenvalue weighted by Gasteiger charge is -2.23. The van der Waals surface area contributed by atoms with E-state index in [9.17, 15) is 4.79 Å². The van der Waals surface area contributed by atoms with Gasteiger partial charge in [-0.1, -0.05) is 6.42 Å². The molecule has 1 fully saturated rings. The Labute approximate surface area is 73.3 Å². The molecule has 1 aliphatic rings. The molecule has 1 rings (SSSR count). The summed E-state index contributed by atoms with van der Waals surface area (Å²) in [7, 11) is 1.43. The molecular formula is C10H14O2. The lowest BCUT2D eigenvalue weighted by molar-refractivity contribution is -0.146. The minimum Gasteiger partial charge on any atom is -0.469 e. The lowest BCUT2D eigenvalue weighted by Crippen LogP contribution is -2.23. The first-order valence-electron chi connectivity index (χ1n) is 4.32. The molecule has 1 saturated carbocycles. The van der Waals surface area contributed by atoms with Crippen molar-refractivity contribution in [1.29, 1.82) is 0 Å². The number of ether oxygens (including phenoxy) is 1. The molecule has 0 aromatic carbocycles. The van der Waals surface area contributed by atoms with Crippen molar-refractivity contribution in [2.24, 2.45) is 11.8 Å². The monoisotopic (exact) mass is 166 g/mol. The van der Waals surface area contributed by atoms with Crippen molar-refractivity contribution in [2.75, 3.05) is 7.11 Å². The highest BCUT2D eigenvalue weighted by atomic mass is 16.5. The smallest absolute Gasteiger partial charge is 0.308 e. The van der Waals surface area contributed by atoms with E-state index in [0.29, 0.717) is 0 Å². The maximum atomic E-state index is 11.1. The average molecular weight is 166 g/mol. The Morgan fingerprint density at radius 3 is 2.92 bits per heavy atom. The molecule has 0 spiro atoms. The number of rotatable bonds is 1. The highest BCUT2D eigenvalue weighted by Gasteiger charge is 2.26. The van der Waals surface area contributed by atoms with Gasteiger partial charge >= 0.3 is 5.97 Å². The molecule has 0 amide bonds. The normalized spacial score (nSPS) is 29.0. The van der Waals surface area contributed by atoms with Crippen LogP contribution in [-0.2, 0) is 9.53 Å². The van der Waals surface area contributed by atoms with Crippen LogP contribution in [0.4, 0.5) is 0 Å². The highest BCUT2D eigenvalue weighted by Crippen LogP contribution is 2.28. The van der Waals surface area contributed by atoms with Gasteiger partial charge in [0.25, 0.3) is 0 Å². The molecule has 0 heterocycles. The Morgan fingerprint density at radius 2 is 2.33 bits per heavy atom. The van der Waals surface area contributed by atoms with E-state index < -0.39 is 0 Å². The molecule has 0 aromatic rings. The fourth-order valence-corrected chi connectivity index (χ4v) is 1.72. The molecule has 2 heteroatoms. The zero-order valence-electron chi connectivity index (χ0n) is 7.38. The Morgan fingerprint density at radius 1 is 1.58 bits per heavy atom. The quantitative estimate of drug-likeness (QED) is 0.437. The van der Waals surface area contributed by atoms with Crippen LogP contribution < -0.4 is 0 Å². The Kier molecular flexibility index (Phi) is 3.16. The van der Waals surface area contributed by atoms with E-state index in [-0.39, 0.29) is 17.8 Å². The van der Waals surface area contributed by atoms with E-state index >= 15 is 0 Å². The molecule has 0 N–H and O–H groups in total. The minimum atomic E-state index is -0.102. The molecule has 0 aliphatic heterocycles. The Bertz CT molecular complexity index is 202. The van der Waals surface area contributed by atoms with Crippen LogP contribution in [0.3, 0.4) is 0 Å². The van der Waals surface area contributed by atoms with Gasteiger partial charge < -0.3 is 4.74 Å². The second-order valence-electron chi connectivity index (χ2n) is 3.25. The number of carbonyl (C=O) groups is 1. The van der Waals surface area contributed by atoms with Crippen molar-refractivity contribution in [3.63, 3.8) is 0 Å². The van der Waals surface area contributed by atoms with Crippen LogP contribution in [0.15, 0.2) is 0 Å². The molecule has 0 saturated heterocycles. The van der Waals surface area contributed by atoms with Gasteiger partial charge in [0.2, 0.25) is 0 Å². The number of hydrogen-bond acceptors (Lipinski definition) is 2. The minimum absolute atomic E-state index is 0.0461. The summed E-state index contributed by atoms with van der Waals surface area (Å²) in [6.07, 6.45) is 9.16. The van der Waals surface area contributed by atoms with Gasteiger partial charge in [0.1, 0.15) is 0 Å². The fourth-order valence-electron chi connectivity index (χ4n) is 1.72. The van der Waals surface area contributed by atoms with E-state index in [1.807, 2.05) is 0 Å². The first-order chi connectivity index (χ1) is 5.77. The summed E-state index contributed by atoms with van der Waals surface area (Å²) in [6.45, 7) is 0. The second-order valence-corrected chi connectivity index (χ2v) is 3.25.